The molecule has 4 rings (SSSR count). The van der Waals surface area contributed by atoms with Gasteiger partial charge in [-0.1, -0.05) is 30.3 Å². The molecular weight excluding hydrogens is 376 g/mol. The number of aliphatic hydroxyl groups excluding tert-OH is 1. The number of fused-ring (bicyclic) bond motifs is 1. The van der Waals surface area contributed by atoms with E-state index in [0.717, 1.165) is 33.6 Å². The summed E-state index contributed by atoms with van der Waals surface area (Å²) in [4.78, 5) is 9.10. The summed E-state index contributed by atoms with van der Waals surface area (Å²) in [6, 6.07) is 18.1. The Morgan fingerprint density at radius 1 is 1.03 bits per heavy atom. The summed E-state index contributed by atoms with van der Waals surface area (Å²) in [6.07, 6.45) is 3.64. The molecule has 6 heteroatoms. The van der Waals surface area contributed by atoms with Gasteiger partial charge in [-0.3, -0.25) is 0 Å². The molecule has 0 aliphatic rings. The summed E-state index contributed by atoms with van der Waals surface area (Å²) < 4.78 is 7.64. The number of hydrogen-bond acceptors (Lipinski definition) is 5. The van der Waals surface area contributed by atoms with Crippen molar-refractivity contribution in [2.75, 3.05) is 18.5 Å². The van der Waals surface area contributed by atoms with Gasteiger partial charge in [0, 0.05) is 17.4 Å². The van der Waals surface area contributed by atoms with Gasteiger partial charge in [0.25, 0.3) is 0 Å². The van der Waals surface area contributed by atoms with E-state index in [1.807, 2.05) is 63.2 Å². The third kappa shape index (κ3) is 3.86. The van der Waals surface area contributed by atoms with Gasteiger partial charge in [0.15, 0.2) is 5.65 Å². The molecule has 0 spiro atoms. The predicted octanol–water partition coefficient (Wildman–Crippen LogP) is 4.67. The molecule has 30 heavy (non-hydrogen) atoms. The van der Waals surface area contributed by atoms with E-state index >= 15 is 0 Å². The highest BCUT2D eigenvalue weighted by Crippen LogP contribution is 2.36. The largest absolute Gasteiger partial charge is 0.494 e. The molecule has 4 aromatic rings. The molecule has 0 radical (unpaired) electrons. The molecule has 0 atom stereocenters. The van der Waals surface area contributed by atoms with Crippen LogP contribution in [0.1, 0.15) is 20.8 Å². The molecule has 0 aliphatic heterocycles. The number of nitrogens with zero attached hydrogens (tertiary/aromatic N) is 3. The number of hydrogen-bond donors (Lipinski definition) is 2. The van der Waals surface area contributed by atoms with Crippen LogP contribution in [0.15, 0.2) is 67.1 Å². The van der Waals surface area contributed by atoms with E-state index in [0.29, 0.717) is 12.4 Å². The Morgan fingerprint density at radius 2 is 1.77 bits per heavy atom. The van der Waals surface area contributed by atoms with Crippen LogP contribution in [0.25, 0.3) is 27.8 Å². The number of aromatic nitrogens is 3. The first-order chi connectivity index (χ1) is 14.5. The van der Waals surface area contributed by atoms with Gasteiger partial charge in [-0.25, -0.2) is 9.97 Å². The van der Waals surface area contributed by atoms with Gasteiger partial charge < -0.3 is 19.7 Å². The molecule has 0 unspecified atom stereocenters. The van der Waals surface area contributed by atoms with Gasteiger partial charge in [0.05, 0.1) is 24.1 Å². The highest BCUT2D eigenvalue weighted by Gasteiger charge is 2.22. The molecule has 6 nitrogen and oxygen atoms in total. The Bertz CT molecular complexity index is 1140. The van der Waals surface area contributed by atoms with E-state index in [2.05, 4.69) is 38.2 Å². The van der Waals surface area contributed by atoms with Gasteiger partial charge >= 0.3 is 0 Å². The molecule has 0 saturated carbocycles. The van der Waals surface area contributed by atoms with Crippen LogP contribution in [0.3, 0.4) is 0 Å². The quantitative estimate of drug-likeness (QED) is 0.470. The number of anilines is 1. The van der Waals surface area contributed by atoms with Crippen LogP contribution in [0.4, 0.5) is 5.82 Å². The fraction of sp³-hybridized carbons (Fsp3) is 0.250. The predicted molar refractivity (Wildman–Crippen MR) is 120 cm³/mol. The number of aliphatic hydroxyl groups is 1. The fourth-order valence-electron chi connectivity index (χ4n) is 3.42. The third-order valence-electron chi connectivity index (χ3n) is 4.95. The minimum absolute atomic E-state index is 0.0151. The van der Waals surface area contributed by atoms with Crippen LogP contribution in [-0.2, 0) is 0 Å². The highest BCUT2D eigenvalue weighted by atomic mass is 16.5. The number of ether oxygens (including phenoxy) is 1. The second-order valence-corrected chi connectivity index (χ2v) is 7.79. The van der Waals surface area contributed by atoms with Crippen LogP contribution < -0.4 is 10.1 Å². The average Bonchev–Trinajstić information content (AvgIpc) is 3.16. The molecule has 2 heterocycles. The van der Waals surface area contributed by atoms with Gasteiger partial charge in [-0.2, -0.15) is 0 Å². The standard InChI is InChI=1S/C24H26N4O2/c1-4-30-19-12-10-18(11-13-19)28-14-20(17-8-6-5-7-9-17)21-22(25-16-26-23(21)28)27-24(2,3)15-29/h5-14,16,29H,4,15H2,1-3H3,(H,25,26,27). The van der Waals surface area contributed by atoms with Crippen molar-refractivity contribution in [3.8, 4) is 22.6 Å². The van der Waals surface area contributed by atoms with Gasteiger partial charge in [0.2, 0.25) is 0 Å². The van der Waals surface area contributed by atoms with E-state index in [9.17, 15) is 5.11 Å². The van der Waals surface area contributed by atoms with Crippen molar-refractivity contribution in [1.29, 1.82) is 0 Å². The Labute approximate surface area is 176 Å². The summed E-state index contributed by atoms with van der Waals surface area (Å²) in [6.45, 7) is 6.46. The smallest absolute Gasteiger partial charge is 0.150 e. The average molecular weight is 402 g/mol. The maximum Gasteiger partial charge on any atom is 0.150 e. The normalized spacial score (nSPS) is 11.6. The maximum absolute atomic E-state index is 9.74. The van der Waals surface area contributed by atoms with Crippen molar-refractivity contribution in [3.63, 3.8) is 0 Å². The Kier molecular flexibility index (Phi) is 5.42. The minimum Gasteiger partial charge on any atom is -0.494 e. The number of rotatable bonds is 7. The van der Waals surface area contributed by atoms with Gasteiger partial charge in [0.1, 0.15) is 17.9 Å². The summed E-state index contributed by atoms with van der Waals surface area (Å²) in [5, 5.41) is 14.0. The van der Waals surface area contributed by atoms with Crippen LogP contribution in [0.5, 0.6) is 5.75 Å². The molecule has 2 N–H and O–H groups in total. The van der Waals surface area contributed by atoms with Crippen LogP contribution in [-0.4, -0.2) is 38.4 Å². The summed E-state index contributed by atoms with van der Waals surface area (Å²) >= 11 is 0. The summed E-state index contributed by atoms with van der Waals surface area (Å²) in [7, 11) is 0. The van der Waals surface area contributed by atoms with Crippen molar-refractivity contribution in [1.82, 2.24) is 14.5 Å². The fourth-order valence-corrected chi connectivity index (χ4v) is 3.42. The van der Waals surface area contributed by atoms with Crippen molar-refractivity contribution >= 4 is 16.9 Å². The van der Waals surface area contributed by atoms with Crippen LogP contribution in [0.2, 0.25) is 0 Å². The zero-order chi connectivity index (χ0) is 21.1. The lowest BCUT2D eigenvalue weighted by atomic mass is 10.0. The van der Waals surface area contributed by atoms with Crippen LogP contribution >= 0.6 is 0 Å². The van der Waals surface area contributed by atoms with E-state index in [-0.39, 0.29) is 6.61 Å². The van der Waals surface area contributed by atoms with Gasteiger partial charge in [-0.15, -0.1) is 0 Å². The van der Waals surface area contributed by atoms with E-state index < -0.39 is 5.54 Å². The number of nitrogens with one attached hydrogen (secondary N) is 1. The summed E-state index contributed by atoms with van der Waals surface area (Å²) in [5.74, 6) is 1.53. The minimum atomic E-state index is -0.517. The first kappa shape index (κ1) is 19.9. The maximum atomic E-state index is 9.74. The summed E-state index contributed by atoms with van der Waals surface area (Å²) in [5.41, 5.74) is 3.36. The number of benzene rings is 2. The topological polar surface area (TPSA) is 72.2 Å². The monoisotopic (exact) mass is 402 g/mol. The zero-order valence-corrected chi connectivity index (χ0v) is 17.5. The molecule has 154 valence electrons. The molecule has 2 aromatic heterocycles. The van der Waals surface area contributed by atoms with E-state index in [4.69, 9.17) is 4.74 Å². The third-order valence-corrected chi connectivity index (χ3v) is 4.95. The van der Waals surface area contributed by atoms with Gasteiger partial charge in [-0.05, 0) is 50.6 Å². The molecular formula is C24H26N4O2. The zero-order valence-electron chi connectivity index (χ0n) is 17.5. The molecule has 0 bridgehead atoms. The SMILES string of the molecule is CCOc1ccc(-n2cc(-c3ccccc3)c3c(NC(C)(C)CO)ncnc32)cc1. The Hall–Kier alpha value is -3.38. The van der Waals surface area contributed by atoms with Crippen LogP contribution in [0, 0.1) is 0 Å². The Morgan fingerprint density at radius 3 is 2.43 bits per heavy atom. The van der Waals surface area contributed by atoms with E-state index in [1.54, 1.807) is 6.33 Å². The lowest BCUT2D eigenvalue weighted by Crippen LogP contribution is -2.35. The lowest BCUT2D eigenvalue weighted by molar-refractivity contribution is 0.234. The molecule has 0 aliphatic carbocycles. The first-order valence-electron chi connectivity index (χ1n) is 10.1. The molecule has 0 amide bonds. The van der Waals surface area contributed by atoms with Crippen molar-refractivity contribution < 1.29 is 9.84 Å². The lowest BCUT2D eigenvalue weighted by Gasteiger charge is -2.24. The van der Waals surface area contributed by atoms with Crippen molar-refractivity contribution in [2.24, 2.45) is 0 Å². The highest BCUT2D eigenvalue weighted by molar-refractivity contribution is 6.02. The Balaban J connectivity index is 1.92. The van der Waals surface area contributed by atoms with Crippen molar-refractivity contribution in [3.05, 3.63) is 67.1 Å². The first-order valence-corrected chi connectivity index (χ1v) is 10.1. The van der Waals surface area contributed by atoms with E-state index in [1.165, 1.54) is 0 Å². The molecule has 0 fully saturated rings. The second-order valence-electron chi connectivity index (χ2n) is 7.79. The van der Waals surface area contributed by atoms with Crippen molar-refractivity contribution in [2.45, 2.75) is 26.3 Å². The second kappa shape index (κ2) is 8.16. The molecule has 0 saturated heterocycles. The molecule has 2 aromatic carbocycles.